The first-order chi connectivity index (χ1) is 13.5. The van der Waals surface area contributed by atoms with E-state index in [1.54, 1.807) is 0 Å². The Kier molecular flexibility index (Phi) is 5.28. The van der Waals surface area contributed by atoms with Crippen molar-refractivity contribution in [1.82, 2.24) is 19.4 Å². The predicted molar refractivity (Wildman–Crippen MR) is 111 cm³/mol. The van der Waals surface area contributed by atoms with Gasteiger partial charge in [-0.3, -0.25) is 4.79 Å². The molecule has 0 bridgehead atoms. The lowest BCUT2D eigenvalue weighted by atomic mass is 9.90. The normalized spacial score (nSPS) is 21.1. The Labute approximate surface area is 168 Å². The summed E-state index contributed by atoms with van der Waals surface area (Å²) >= 11 is 0. The van der Waals surface area contributed by atoms with Crippen LogP contribution >= 0.6 is 0 Å². The van der Waals surface area contributed by atoms with Gasteiger partial charge >= 0.3 is 0 Å². The van der Waals surface area contributed by atoms with Crippen LogP contribution in [0.3, 0.4) is 0 Å². The number of aromatic nitrogens is 2. The van der Waals surface area contributed by atoms with Gasteiger partial charge in [0.15, 0.2) is 0 Å². The maximum Gasteiger partial charge on any atom is 0.233 e. The molecule has 5 nitrogen and oxygen atoms in total. The van der Waals surface area contributed by atoms with Gasteiger partial charge in [-0.2, -0.15) is 0 Å². The van der Waals surface area contributed by atoms with Gasteiger partial charge in [0, 0.05) is 44.5 Å². The van der Waals surface area contributed by atoms with Crippen LogP contribution in [0.5, 0.6) is 0 Å². The van der Waals surface area contributed by atoms with Gasteiger partial charge in [-0.25, -0.2) is 4.98 Å². The molecule has 0 radical (unpaired) electrons. The monoisotopic (exact) mass is 380 g/mol. The number of imidazole rings is 1. The van der Waals surface area contributed by atoms with Crippen molar-refractivity contribution in [2.75, 3.05) is 33.7 Å². The van der Waals surface area contributed by atoms with Gasteiger partial charge in [0.25, 0.3) is 0 Å². The molecule has 2 aromatic rings. The van der Waals surface area contributed by atoms with Crippen LogP contribution in [0.15, 0.2) is 36.7 Å². The summed E-state index contributed by atoms with van der Waals surface area (Å²) in [5.74, 6) is 1.80. The molecule has 1 amide bonds. The molecule has 2 fully saturated rings. The van der Waals surface area contributed by atoms with Crippen molar-refractivity contribution in [3.05, 3.63) is 53.6 Å². The van der Waals surface area contributed by atoms with Gasteiger partial charge in [-0.1, -0.05) is 29.8 Å². The van der Waals surface area contributed by atoms with Crippen molar-refractivity contribution in [2.45, 2.75) is 50.5 Å². The highest BCUT2D eigenvalue weighted by molar-refractivity contribution is 5.91. The van der Waals surface area contributed by atoms with Crippen LogP contribution in [0.2, 0.25) is 0 Å². The standard InChI is InChI=1S/C23H32N4O/c1-18-6-8-20(9-7-18)23(10-11-23)22(28)27-13-4-5-19(17-27)21-24-12-14-26(21)16-15-25(2)3/h6-9,12,14,19H,4-5,10-11,13,15-17H2,1-3H3/t19-/m1/s1. The summed E-state index contributed by atoms with van der Waals surface area (Å²) in [4.78, 5) is 22.4. The summed E-state index contributed by atoms with van der Waals surface area (Å²) in [6.45, 7) is 5.71. The average molecular weight is 381 g/mol. The molecule has 4 rings (SSSR count). The minimum Gasteiger partial charge on any atom is -0.341 e. The largest absolute Gasteiger partial charge is 0.341 e. The molecule has 0 N–H and O–H groups in total. The highest BCUT2D eigenvalue weighted by Gasteiger charge is 2.53. The fraction of sp³-hybridized carbons (Fsp3) is 0.565. The van der Waals surface area contributed by atoms with Gasteiger partial charge in [0.2, 0.25) is 5.91 Å². The van der Waals surface area contributed by atoms with Crippen molar-refractivity contribution in [2.24, 2.45) is 0 Å². The fourth-order valence-electron chi connectivity index (χ4n) is 4.48. The first-order valence-corrected chi connectivity index (χ1v) is 10.5. The number of hydrogen-bond donors (Lipinski definition) is 0. The predicted octanol–water partition coefficient (Wildman–Crippen LogP) is 3.19. The minimum absolute atomic E-state index is 0.268. The summed E-state index contributed by atoms with van der Waals surface area (Å²) in [5, 5.41) is 0. The Morgan fingerprint density at radius 1 is 1.25 bits per heavy atom. The quantitative estimate of drug-likeness (QED) is 0.773. The van der Waals surface area contributed by atoms with Crippen LogP contribution in [-0.4, -0.2) is 59.0 Å². The second-order valence-electron chi connectivity index (χ2n) is 8.82. The first kappa shape index (κ1) is 19.2. The zero-order chi connectivity index (χ0) is 19.7. The lowest BCUT2D eigenvalue weighted by Gasteiger charge is -2.35. The van der Waals surface area contributed by atoms with E-state index in [4.69, 9.17) is 0 Å². The molecular weight excluding hydrogens is 348 g/mol. The molecule has 5 heteroatoms. The zero-order valence-corrected chi connectivity index (χ0v) is 17.4. The third kappa shape index (κ3) is 3.72. The lowest BCUT2D eigenvalue weighted by Crippen LogP contribution is -2.45. The number of hydrogen-bond acceptors (Lipinski definition) is 3. The number of likely N-dealkylation sites (N-methyl/N-ethyl adjacent to an activating group) is 1. The maximum atomic E-state index is 13.5. The van der Waals surface area contributed by atoms with Crippen molar-refractivity contribution in [3.8, 4) is 0 Å². The smallest absolute Gasteiger partial charge is 0.233 e. The number of likely N-dealkylation sites (tertiary alicyclic amines) is 1. The summed E-state index contributed by atoms with van der Waals surface area (Å²) in [7, 11) is 4.19. The Morgan fingerprint density at radius 2 is 2.00 bits per heavy atom. The van der Waals surface area contributed by atoms with E-state index in [0.717, 1.165) is 57.7 Å². The molecule has 2 aliphatic rings. The van der Waals surface area contributed by atoms with Crippen LogP contribution in [0, 0.1) is 6.92 Å². The SMILES string of the molecule is Cc1ccc(C2(C(=O)N3CCC[C@@H](c4nccn4CCN(C)C)C3)CC2)cc1. The third-order valence-corrected chi connectivity index (χ3v) is 6.37. The second kappa shape index (κ2) is 7.70. The number of carbonyl (C=O) groups excluding carboxylic acids is 1. The number of aryl methyl sites for hydroxylation is 1. The van der Waals surface area contributed by atoms with Gasteiger partial charge < -0.3 is 14.4 Å². The molecule has 28 heavy (non-hydrogen) atoms. The number of benzene rings is 1. The number of nitrogens with zero attached hydrogens (tertiary/aromatic N) is 4. The van der Waals surface area contributed by atoms with E-state index in [1.807, 2.05) is 6.20 Å². The molecule has 1 atom stereocenters. The molecule has 1 aromatic heterocycles. The average Bonchev–Trinajstić information content (AvgIpc) is 3.37. The van der Waals surface area contributed by atoms with Crippen LogP contribution in [-0.2, 0) is 16.8 Å². The Morgan fingerprint density at radius 3 is 2.68 bits per heavy atom. The lowest BCUT2D eigenvalue weighted by molar-refractivity contribution is -0.135. The maximum absolute atomic E-state index is 13.5. The number of carbonyl (C=O) groups is 1. The summed E-state index contributed by atoms with van der Waals surface area (Å²) in [6, 6.07) is 8.55. The summed E-state index contributed by atoms with van der Waals surface area (Å²) in [6.07, 6.45) is 8.11. The van der Waals surface area contributed by atoms with Gasteiger partial charge in [0.05, 0.1) is 5.41 Å². The molecule has 1 aromatic carbocycles. The Hall–Kier alpha value is -2.14. The minimum atomic E-state index is -0.268. The highest BCUT2D eigenvalue weighted by Crippen LogP contribution is 2.50. The van der Waals surface area contributed by atoms with Gasteiger partial charge in [-0.15, -0.1) is 0 Å². The Balaban J connectivity index is 1.48. The summed E-state index contributed by atoms with van der Waals surface area (Å²) in [5.41, 5.74) is 2.17. The molecule has 2 heterocycles. The van der Waals surface area contributed by atoms with Crippen LogP contribution in [0.25, 0.3) is 0 Å². The molecule has 1 aliphatic carbocycles. The molecule has 1 saturated carbocycles. The van der Waals surface area contributed by atoms with E-state index in [9.17, 15) is 4.79 Å². The number of piperidine rings is 1. The van der Waals surface area contributed by atoms with Gasteiger partial charge in [0.1, 0.15) is 5.82 Å². The fourth-order valence-corrected chi connectivity index (χ4v) is 4.48. The van der Waals surface area contributed by atoms with Crippen molar-refractivity contribution in [1.29, 1.82) is 0 Å². The third-order valence-electron chi connectivity index (χ3n) is 6.37. The van der Waals surface area contributed by atoms with Crippen LogP contribution < -0.4 is 0 Å². The van der Waals surface area contributed by atoms with E-state index >= 15 is 0 Å². The number of rotatable bonds is 6. The van der Waals surface area contributed by atoms with Crippen molar-refractivity contribution in [3.63, 3.8) is 0 Å². The number of amides is 1. The van der Waals surface area contributed by atoms with E-state index in [2.05, 4.69) is 70.8 Å². The van der Waals surface area contributed by atoms with Crippen LogP contribution in [0.4, 0.5) is 0 Å². The molecule has 1 aliphatic heterocycles. The van der Waals surface area contributed by atoms with Crippen molar-refractivity contribution < 1.29 is 4.79 Å². The van der Waals surface area contributed by atoms with E-state index in [0.29, 0.717) is 11.8 Å². The van der Waals surface area contributed by atoms with E-state index in [1.165, 1.54) is 11.1 Å². The topological polar surface area (TPSA) is 41.4 Å². The van der Waals surface area contributed by atoms with Crippen LogP contribution in [0.1, 0.15) is 48.6 Å². The molecule has 0 unspecified atom stereocenters. The Bertz CT molecular complexity index is 819. The molecular formula is C23H32N4O. The second-order valence-corrected chi connectivity index (χ2v) is 8.82. The van der Waals surface area contributed by atoms with E-state index in [-0.39, 0.29) is 5.41 Å². The van der Waals surface area contributed by atoms with E-state index < -0.39 is 0 Å². The van der Waals surface area contributed by atoms with Crippen molar-refractivity contribution >= 4 is 5.91 Å². The zero-order valence-electron chi connectivity index (χ0n) is 17.4. The highest BCUT2D eigenvalue weighted by atomic mass is 16.2. The summed E-state index contributed by atoms with van der Waals surface area (Å²) < 4.78 is 2.27. The van der Waals surface area contributed by atoms with Gasteiger partial charge in [-0.05, 0) is 52.3 Å². The molecule has 150 valence electrons. The first-order valence-electron chi connectivity index (χ1n) is 10.5. The molecule has 0 spiro atoms. The molecule has 1 saturated heterocycles.